The summed E-state index contributed by atoms with van der Waals surface area (Å²) in [5.74, 6) is -0.214. The molecule has 5 nitrogen and oxygen atoms in total. The van der Waals surface area contributed by atoms with Gasteiger partial charge in [0.25, 0.3) is 5.69 Å². The van der Waals surface area contributed by atoms with Crippen LogP contribution >= 0.6 is 0 Å². The number of nitro benzene ring substituents is 1. The topological polar surface area (TPSA) is 72.2 Å². The molecule has 0 saturated heterocycles. The average molecular weight is 326 g/mol. The Morgan fingerprint density at radius 2 is 1.88 bits per heavy atom. The second-order valence-corrected chi connectivity index (χ2v) is 5.93. The maximum Gasteiger partial charge on any atom is 0.273 e. The molecule has 0 heterocycles. The minimum atomic E-state index is -0.455. The van der Waals surface area contributed by atoms with Crippen molar-refractivity contribution in [2.75, 3.05) is 0 Å². The van der Waals surface area contributed by atoms with E-state index in [1.807, 2.05) is 32.9 Å². The minimum Gasteiger partial charge on any atom is -0.349 e. The van der Waals surface area contributed by atoms with Crippen LogP contribution in [0.5, 0.6) is 0 Å². The molecule has 0 aliphatic rings. The molecule has 0 bridgehead atoms. The van der Waals surface area contributed by atoms with E-state index in [0.717, 1.165) is 12.0 Å². The molecule has 0 spiro atoms. The fraction of sp³-hybridized carbons (Fsp3) is 0.316. The molecule has 0 aromatic heterocycles. The van der Waals surface area contributed by atoms with Gasteiger partial charge >= 0.3 is 0 Å². The fourth-order valence-corrected chi connectivity index (χ4v) is 2.66. The molecule has 2 rings (SSSR count). The zero-order valence-corrected chi connectivity index (χ0v) is 14.2. The first-order chi connectivity index (χ1) is 11.4. The number of carbonyl (C=O) groups is 1. The SMILES string of the molecule is CCC(NC(=O)Cc1ccccc1[N+](=O)[O-])c1ccc(C)c(C)c1. The van der Waals surface area contributed by atoms with Crippen LogP contribution in [0.15, 0.2) is 42.5 Å². The lowest BCUT2D eigenvalue weighted by Gasteiger charge is -2.18. The van der Waals surface area contributed by atoms with Crippen molar-refractivity contribution in [2.45, 2.75) is 39.7 Å². The molecule has 2 aromatic carbocycles. The van der Waals surface area contributed by atoms with E-state index >= 15 is 0 Å². The minimum absolute atomic E-state index is 0.00149. The molecule has 0 fully saturated rings. The van der Waals surface area contributed by atoms with Crippen LogP contribution in [0.1, 0.15) is 41.6 Å². The van der Waals surface area contributed by atoms with E-state index in [1.54, 1.807) is 18.2 Å². The molecule has 1 atom stereocenters. The number of nitrogens with one attached hydrogen (secondary N) is 1. The van der Waals surface area contributed by atoms with Crippen molar-refractivity contribution in [1.82, 2.24) is 5.32 Å². The Kier molecular flexibility index (Phi) is 5.68. The monoisotopic (exact) mass is 326 g/mol. The Hall–Kier alpha value is -2.69. The number of amides is 1. The van der Waals surface area contributed by atoms with Gasteiger partial charge in [-0.05, 0) is 37.0 Å². The van der Waals surface area contributed by atoms with E-state index < -0.39 is 4.92 Å². The molecule has 5 heteroatoms. The second-order valence-electron chi connectivity index (χ2n) is 5.93. The lowest BCUT2D eigenvalue weighted by atomic mass is 9.99. The Balaban J connectivity index is 2.13. The van der Waals surface area contributed by atoms with Crippen LogP contribution in [-0.2, 0) is 11.2 Å². The third kappa shape index (κ3) is 4.19. The number of hydrogen-bond donors (Lipinski definition) is 1. The lowest BCUT2D eigenvalue weighted by Crippen LogP contribution is -2.29. The standard InChI is InChI=1S/C19H22N2O3/c1-4-17(15-10-9-13(2)14(3)11-15)20-19(22)12-16-7-5-6-8-18(16)21(23)24/h5-11,17H,4,12H2,1-3H3,(H,20,22). The second kappa shape index (κ2) is 7.73. The summed E-state index contributed by atoms with van der Waals surface area (Å²) in [6.07, 6.45) is 0.754. The summed E-state index contributed by atoms with van der Waals surface area (Å²) in [5, 5.41) is 14.0. The van der Waals surface area contributed by atoms with Crippen LogP contribution in [-0.4, -0.2) is 10.8 Å². The van der Waals surface area contributed by atoms with Crippen molar-refractivity contribution in [2.24, 2.45) is 0 Å². The smallest absolute Gasteiger partial charge is 0.273 e. The van der Waals surface area contributed by atoms with Gasteiger partial charge in [0.05, 0.1) is 17.4 Å². The van der Waals surface area contributed by atoms with E-state index in [0.29, 0.717) is 5.56 Å². The molecule has 1 amide bonds. The first-order valence-corrected chi connectivity index (χ1v) is 8.01. The highest BCUT2D eigenvalue weighted by Crippen LogP contribution is 2.21. The molecule has 126 valence electrons. The first kappa shape index (κ1) is 17.7. The largest absolute Gasteiger partial charge is 0.349 e. The molecule has 1 N–H and O–H groups in total. The predicted molar refractivity (Wildman–Crippen MR) is 93.9 cm³/mol. The maximum absolute atomic E-state index is 12.3. The van der Waals surface area contributed by atoms with Crippen LogP contribution in [0.25, 0.3) is 0 Å². The first-order valence-electron chi connectivity index (χ1n) is 8.01. The number of para-hydroxylation sites is 1. The van der Waals surface area contributed by atoms with E-state index in [-0.39, 0.29) is 24.1 Å². The van der Waals surface area contributed by atoms with Gasteiger partial charge in [0.2, 0.25) is 5.91 Å². The number of carbonyl (C=O) groups excluding carboxylic acids is 1. The Bertz CT molecular complexity index is 756. The number of hydrogen-bond acceptors (Lipinski definition) is 3. The molecule has 0 radical (unpaired) electrons. The Morgan fingerprint density at radius 1 is 1.17 bits per heavy atom. The number of nitro groups is 1. The molecule has 24 heavy (non-hydrogen) atoms. The summed E-state index contributed by atoms with van der Waals surface area (Å²) in [6, 6.07) is 12.4. The summed E-state index contributed by atoms with van der Waals surface area (Å²) in [5.41, 5.74) is 3.84. The van der Waals surface area contributed by atoms with Gasteiger partial charge in [-0.2, -0.15) is 0 Å². The van der Waals surface area contributed by atoms with Gasteiger partial charge in [0, 0.05) is 11.6 Å². The quantitative estimate of drug-likeness (QED) is 0.643. The normalized spacial score (nSPS) is 11.8. The third-order valence-electron chi connectivity index (χ3n) is 4.22. The van der Waals surface area contributed by atoms with Crippen molar-refractivity contribution in [1.29, 1.82) is 0 Å². The zero-order valence-electron chi connectivity index (χ0n) is 14.2. The van der Waals surface area contributed by atoms with Gasteiger partial charge in [-0.15, -0.1) is 0 Å². The number of nitrogens with zero attached hydrogens (tertiary/aromatic N) is 1. The number of aryl methyl sites for hydroxylation is 2. The summed E-state index contributed by atoms with van der Waals surface area (Å²) >= 11 is 0. The highest BCUT2D eigenvalue weighted by Gasteiger charge is 2.18. The molecule has 0 aliphatic heterocycles. The van der Waals surface area contributed by atoms with Crippen LogP contribution in [0.3, 0.4) is 0 Å². The summed E-state index contributed by atoms with van der Waals surface area (Å²) in [4.78, 5) is 22.9. The molecule has 1 unspecified atom stereocenters. The highest BCUT2D eigenvalue weighted by molar-refractivity contribution is 5.80. The number of benzene rings is 2. The fourth-order valence-electron chi connectivity index (χ4n) is 2.66. The average Bonchev–Trinajstić information content (AvgIpc) is 2.55. The Labute approximate surface area is 141 Å². The van der Waals surface area contributed by atoms with Gasteiger partial charge < -0.3 is 5.32 Å². The van der Waals surface area contributed by atoms with Crippen LogP contribution in [0, 0.1) is 24.0 Å². The highest BCUT2D eigenvalue weighted by atomic mass is 16.6. The van der Waals surface area contributed by atoms with Crippen molar-refractivity contribution in [3.05, 3.63) is 74.8 Å². The molecule has 0 aliphatic carbocycles. The van der Waals surface area contributed by atoms with Gasteiger partial charge in [-0.3, -0.25) is 14.9 Å². The van der Waals surface area contributed by atoms with Crippen molar-refractivity contribution >= 4 is 11.6 Å². The van der Waals surface area contributed by atoms with Crippen molar-refractivity contribution in [3.8, 4) is 0 Å². The third-order valence-corrected chi connectivity index (χ3v) is 4.22. The van der Waals surface area contributed by atoms with Crippen LogP contribution in [0.2, 0.25) is 0 Å². The van der Waals surface area contributed by atoms with E-state index in [1.165, 1.54) is 17.2 Å². The molecular formula is C19H22N2O3. The molecule has 2 aromatic rings. The lowest BCUT2D eigenvalue weighted by molar-refractivity contribution is -0.385. The number of rotatable bonds is 6. The summed E-state index contributed by atoms with van der Waals surface area (Å²) < 4.78 is 0. The maximum atomic E-state index is 12.3. The van der Waals surface area contributed by atoms with Crippen LogP contribution < -0.4 is 5.32 Å². The molecule has 0 saturated carbocycles. The van der Waals surface area contributed by atoms with Gasteiger partial charge in [0.15, 0.2) is 0 Å². The van der Waals surface area contributed by atoms with E-state index in [2.05, 4.69) is 11.4 Å². The van der Waals surface area contributed by atoms with Gasteiger partial charge in [-0.25, -0.2) is 0 Å². The van der Waals surface area contributed by atoms with Gasteiger partial charge in [0.1, 0.15) is 0 Å². The zero-order chi connectivity index (χ0) is 17.7. The van der Waals surface area contributed by atoms with E-state index in [4.69, 9.17) is 0 Å². The molecular weight excluding hydrogens is 304 g/mol. The van der Waals surface area contributed by atoms with Crippen molar-refractivity contribution in [3.63, 3.8) is 0 Å². The Morgan fingerprint density at radius 3 is 2.50 bits per heavy atom. The predicted octanol–water partition coefficient (Wildman–Crippen LogP) is 4.02. The van der Waals surface area contributed by atoms with Crippen LogP contribution in [0.4, 0.5) is 5.69 Å². The van der Waals surface area contributed by atoms with E-state index in [9.17, 15) is 14.9 Å². The summed E-state index contributed by atoms with van der Waals surface area (Å²) in [6.45, 7) is 6.10. The summed E-state index contributed by atoms with van der Waals surface area (Å²) in [7, 11) is 0. The van der Waals surface area contributed by atoms with Crippen molar-refractivity contribution < 1.29 is 9.72 Å². The van der Waals surface area contributed by atoms with Gasteiger partial charge in [-0.1, -0.05) is 43.3 Å².